The summed E-state index contributed by atoms with van der Waals surface area (Å²) in [6.07, 6.45) is 0.225. The number of carbonyl (C=O) groups excluding carboxylic acids is 1. The zero-order valence-corrected chi connectivity index (χ0v) is 13.0. The first kappa shape index (κ1) is 15.4. The van der Waals surface area contributed by atoms with Gasteiger partial charge in [0.25, 0.3) is 0 Å². The fourth-order valence-corrected chi connectivity index (χ4v) is 2.48. The summed E-state index contributed by atoms with van der Waals surface area (Å²) in [5.74, 6) is 1.49. The Morgan fingerprint density at radius 1 is 1.13 bits per heavy atom. The summed E-state index contributed by atoms with van der Waals surface area (Å²) in [5, 5.41) is 12.3. The lowest BCUT2D eigenvalue weighted by Gasteiger charge is -2.16. The van der Waals surface area contributed by atoms with E-state index >= 15 is 0 Å². The number of aliphatic hydroxyl groups is 1. The lowest BCUT2D eigenvalue weighted by Crippen LogP contribution is -2.33. The molecule has 0 aliphatic carbocycles. The Kier molecular flexibility index (Phi) is 4.48. The second-order valence-electron chi connectivity index (χ2n) is 5.76. The van der Waals surface area contributed by atoms with Crippen LogP contribution in [0, 0.1) is 6.92 Å². The molecule has 23 heavy (non-hydrogen) atoms. The molecule has 0 bridgehead atoms. The van der Waals surface area contributed by atoms with Crippen molar-refractivity contribution in [3.8, 4) is 11.5 Å². The van der Waals surface area contributed by atoms with Crippen molar-refractivity contribution in [2.75, 3.05) is 18.4 Å². The zero-order valence-electron chi connectivity index (χ0n) is 13.0. The van der Waals surface area contributed by atoms with Crippen molar-refractivity contribution in [1.82, 2.24) is 4.90 Å². The van der Waals surface area contributed by atoms with E-state index in [-0.39, 0.29) is 6.03 Å². The summed E-state index contributed by atoms with van der Waals surface area (Å²) in [6.45, 7) is 3.00. The number of hydrogen-bond acceptors (Lipinski definition) is 3. The number of carbonyl (C=O) groups is 1. The first-order chi connectivity index (χ1) is 11.1. The van der Waals surface area contributed by atoms with Crippen LogP contribution in [0.15, 0.2) is 48.5 Å². The van der Waals surface area contributed by atoms with Crippen LogP contribution in [0.2, 0.25) is 0 Å². The third-order valence-electron chi connectivity index (χ3n) is 3.81. The number of benzene rings is 2. The van der Waals surface area contributed by atoms with Crippen LogP contribution in [0.5, 0.6) is 11.5 Å². The second kappa shape index (κ2) is 6.71. The maximum atomic E-state index is 12.0. The van der Waals surface area contributed by atoms with Gasteiger partial charge in [0.2, 0.25) is 0 Å². The summed E-state index contributed by atoms with van der Waals surface area (Å²) >= 11 is 0. The molecule has 5 nitrogen and oxygen atoms in total. The quantitative estimate of drug-likeness (QED) is 0.913. The van der Waals surface area contributed by atoms with E-state index in [1.165, 1.54) is 5.56 Å². The number of aliphatic hydroxyl groups excluding tert-OH is 1. The normalized spacial score (nSPS) is 17.1. The predicted octanol–water partition coefficient (Wildman–Crippen LogP) is 3.39. The Bertz CT molecular complexity index is 668. The fraction of sp³-hybridized carbons (Fsp3) is 0.278. The van der Waals surface area contributed by atoms with Crippen molar-refractivity contribution in [1.29, 1.82) is 0 Å². The van der Waals surface area contributed by atoms with Gasteiger partial charge in [-0.05, 0) is 49.7 Å². The fourth-order valence-electron chi connectivity index (χ4n) is 2.48. The van der Waals surface area contributed by atoms with Crippen molar-refractivity contribution >= 4 is 11.7 Å². The van der Waals surface area contributed by atoms with Crippen LogP contribution < -0.4 is 10.1 Å². The number of amides is 2. The summed E-state index contributed by atoms with van der Waals surface area (Å²) < 4.78 is 5.75. The van der Waals surface area contributed by atoms with Gasteiger partial charge in [-0.15, -0.1) is 0 Å². The summed E-state index contributed by atoms with van der Waals surface area (Å²) in [5.41, 5.74) is 1.88. The summed E-state index contributed by atoms with van der Waals surface area (Å²) in [7, 11) is 0. The van der Waals surface area contributed by atoms with Gasteiger partial charge in [0.15, 0.2) is 0 Å². The van der Waals surface area contributed by atoms with Crippen LogP contribution in [0.4, 0.5) is 10.5 Å². The second-order valence-corrected chi connectivity index (χ2v) is 5.76. The average molecular weight is 312 g/mol. The molecule has 0 aromatic heterocycles. The Morgan fingerprint density at radius 2 is 1.74 bits per heavy atom. The van der Waals surface area contributed by atoms with E-state index in [0.29, 0.717) is 30.9 Å². The molecule has 1 fully saturated rings. The number of rotatable bonds is 3. The number of ether oxygens (including phenoxy) is 1. The molecular weight excluding hydrogens is 292 g/mol. The molecule has 0 radical (unpaired) electrons. The van der Waals surface area contributed by atoms with Gasteiger partial charge in [-0.3, -0.25) is 0 Å². The monoisotopic (exact) mass is 312 g/mol. The smallest absolute Gasteiger partial charge is 0.321 e. The lowest BCUT2D eigenvalue weighted by molar-refractivity contribution is 0.176. The molecule has 1 aliphatic rings. The van der Waals surface area contributed by atoms with E-state index in [9.17, 15) is 9.90 Å². The number of β-amino-alcohol motifs (C(OH)–C–C–N with tert-alkyl or cyclic N) is 1. The minimum atomic E-state index is -0.411. The Hall–Kier alpha value is -2.53. The van der Waals surface area contributed by atoms with Gasteiger partial charge in [-0.1, -0.05) is 17.7 Å². The van der Waals surface area contributed by atoms with E-state index in [2.05, 4.69) is 5.32 Å². The molecule has 3 rings (SSSR count). The highest BCUT2D eigenvalue weighted by Gasteiger charge is 2.24. The van der Waals surface area contributed by atoms with Gasteiger partial charge in [0.1, 0.15) is 11.5 Å². The molecule has 0 saturated carbocycles. The number of likely N-dealkylation sites (tertiary alicyclic amines) is 1. The van der Waals surface area contributed by atoms with E-state index < -0.39 is 6.10 Å². The third kappa shape index (κ3) is 4.02. The molecule has 5 heteroatoms. The number of anilines is 1. The molecule has 2 aromatic carbocycles. The van der Waals surface area contributed by atoms with Crippen LogP contribution in [0.25, 0.3) is 0 Å². The van der Waals surface area contributed by atoms with Gasteiger partial charge in [-0.2, -0.15) is 0 Å². The molecule has 2 N–H and O–H groups in total. The van der Waals surface area contributed by atoms with E-state index in [4.69, 9.17) is 4.74 Å². The highest BCUT2D eigenvalue weighted by Crippen LogP contribution is 2.23. The van der Waals surface area contributed by atoms with Crippen LogP contribution in [0.1, 0.15) is 12.0 Å². The highest BCUT2D eigenvalue weighted by molar-refractivity contribution is 5.89. The number of hydrogen-bond donors (Lipinski definition) is 2. The molecule has 0 unspecified atom stereocenters. The van der Waals surface area contributed by atoms with Crippen LogP contribution >= 0.6 is 0 Å². The number of nitrogens with zero attached hydrogens (tertiary/aromatic N) is 1. The molecular formula is C18H20N2O3. The van der Waals surface area contributed by atoms with E-state index in [1.54, 1.807) is 17.0 Å². The molecule has 2 aromatic rings. The SMILES string of the molecule is Cc1ccc(Oc2ccc(NC(=O)N3CC[C@H](O)C3)cc2)cc1. The first-order valence-corrected chi connectivity index (χ1v) is 7.69. The Balaban J connectivity index is 1.58. The highest BCUT2D eigenvalue weighted by atomic mass is 16.5. The molecule has 1 heterocycles. The number of urea groups is 1. The Labute approximate surface area is 135 Å². The summed E-state index contributed by atoms with van der Waals surface area (Å²) in [4.78, 5) is 13.7. The van der Waals surface area contributed by atoms with Crippen LogP contribution in [-0.2, 0) is 0 Å². The minimum Gasteiger partial charge on any atom is -0.457 e. The number of nitrogens with one attached hydrogen (secondary N) is 1. The molecule has 1 aliphatic heterocycles. The Morgan fingerprint density at radius 3 is 2.30 bits per heavy atom. The molecule has 0 spiro atoms. The van der Waals surface area contributed by atoms with Crippen molar-refractivity contribution in [2.24, 2.45) is 0 Å². The molecule has 2 amide bonds. The molecule has 120 valence electrons. The lowest BCUT2D eigenvalue weighted by atomic mass is 10.2. The maximum Gasteiger partial charge on any atom is 0.321 e. The number of aryl methyl sites for hydroxylation is 1. The van der Waals surface area contributed by atoms with Gasteiger partial charge < -0.3 is 20.1 Å². The van der Waals surface area contributed by atoms with Crippen molar-refractivity contribution in [3.63, 3.8) is 0 Å². The van der Waals surface area contributed by atoms with Crippen molar-refractivity contribution in [3.05, 3.63) is 54.1 Å². The van der Waals surface area contributed by atoms with Crippen LogP contribution in [-0.4, -0.2) is 35.2 Å². The van der Waals surface area contributed by atoms with Gasteiger partial charge >= 0.3 is 6.03 Å². The molecule has 1 saturated heterocycles. The van der Waals surface area contributed by atoms with Gasteiger partial charge in [0.05, 0.1) is 6.10 Å². The van der Waals surface area contributed by atoms with E-state index in [1.807, 2.05) is 43.3 Å². The largest absolute Gasteiger partial charge is 0.457 e. The third-order valence-corrected chi connectivity index (χ3v) is 3.81. The van der Waals surface area contributed by atoms with Crippen molar-refractivity contribution in [2.45, 2.75) is 19.4 Å². The van der Waals surface area contributed by atoms with Crippen LogP contribution in [0.3, 0.4) is 0 Å². The maximum absolute atomic E-state index is 12.0. The standard InChI is InChI=1S/C18H20N2O3/c1-13-2-6-16(7-3-13)23-17-8-4-14(5-9-17)19-18(22)20-11-10-15(21)12-20/h2-9,15,21H,10-12H2,1H3,(H,19,22)/t15-/m0/s1. The zero-order chi connectivity index (χ0) is 16.2. The average Bonchev–Trinajstić information content (AvgIpc) is 2.98. The van der Waals surface area contributed by atoms with Crippen molar-refractivity contribution < 1.29 is 14.6 Å². The topological polar surface area (TPSA) is 61.8 Å². The van der Waals surface area contributed by atoms with Gasteiger partial charge in [-0.25, -0.2) is 4.79 Å². The first-order valence-electron chi connectivity index (χ1n) is 7.69. The molecule has 1 atom stereocenters. The predicted molar refractivity (Wildman–Crippen MR) is 88.9 cm³/mol. The van der Waals surface area contributed by atoms with E-state index in [0.717, 1.165) is 5.75 Å². The summed E-state index contributed by atoms with van der Waals surface area (Å²) in [6, 6.07) is 14.9. The van der Waals surface area contributed by atoms with Gasteiger partial charge in [0, 0.05) is 18.8 Å². The minimum absolute atomic E-state index is 0.186.